The van der Waals surface area contributed by atoms with E-state index in [4.69, 9.17) is 42.6 Å². The summed E-state index contributed by atoms with van der Waals surface area (Å²) in [6.45, 7) is 23.5. The summed E-state index contributed by atoms with van der Waals surface area (Å²) in [7, 11) is 1.50. The molecule has 0 aromatic rings. The van der Waals surface area contributed by atoms with E-state index in [2.05, 4.69) is 26.6 Å². The molecule has 0 bridgehead atoms. The summed E-state index contributed by atoms with van der Waals surface area (Å²) in [5.74, 6) is -1.04. The second-order valence-electron chi connectivity index (χ2n) is 23.7. The number of aliphatic hydroxyl groups excluding tert-OH is 5. The molecule has 2 heterocycles. The van der Waals surface area contributed by atoms with Gasteiger partial charge in [-0.1, -0.05) is 0 Å². The fraction of sp³-hybridized carbons (Fsp3) is 0.875. The van der Waals surface area contributed by atoms with Gasteiger partial charge in [0.2, 0.25) is 5.91 Å². The predicted octanol–water partition coefficient (Wildman–Crippen LogP) is 1.77. The van der Waals surface area contributed by atoms with Gasteiger partial charge in [-0.2, -0.15) is 0 Å². The molecule has 10 N–H and O–H groups in total. The summed E-state index contributed by atoms with van der Waals surface area (Å²) in [6.07, 6.45) is -21.2. The normalized spacial score (nSPS) is 29.3. The minimum atomic E-state index is -2.00. The van der Waals surface area contributed by atoms with Gasteiger partial charge in [0.1, 0.15) is 70.7 Å². The number of rotatable bonds is 15. The standard InChI is InChI=1S/C48H86N6O20/c1-44(2,3)70-39(61)49-20-19-28(56)36(60)50-26-21-27(52-41(63)72-46(7,8)9)35(33(59)34(26)69-38-32(58)30(31(57)29(23-55)67-38)53-42(64)73-47(10,11)12)68-37-25(51-40(62)71-45(4,5)6)18-17-24(66-37)22-54(16)43(65)74-48(13,14)15/h24-35,37-38,55-59H,17-23H2,1-16H3,(H,49,61)(H,50,60)(H,51,62)(H,52,63)(H,53,64)/t24?,25?,26-,27+,28+,29?,30+,31+,32?,33?,34-,35?,37+,38+/m1/s1. The Morgan fingerprint density at radius 1 is 0.581 bits per heavy atom. The Morgan fingerprint density at radius 2 is 1.04 bits per heavy atom. The van der Waals surface area contributed by atoms with Gasteiger partial charge in [0.05, 0.1) is 36.9 Å². The minimum Gasteiger partial charge on any atom is -0.444 e. The number of hydrogen-bond donors (Lipinski definition) is 10. The molecule has 2 aliphatic heterocycles. The third kappa shape index (κ3) is 21.6. The van der Waals surface area contributed by atoms with Crippen LogP contribution in [0.3, 0.4) is 0 Å². The number of nitrogens with one attached hydrogen (secondary N) is 5. The van der Waals surface area contributed by atoms with Crippen LogP contribution in [-0.2, 0) is 47.4 Å². The summed E-state index contributed by atoms with van der Waals surface area (Å²) in [5.41, 5.74) is -4.64. The monoisotopic (exact) mass is 1070 g/mol. The molecule has 428 valence electrons. The van der Waals surface area contributed by atoms with Crippen molar-refractivity contribution in [1.29, 1.82) is 0 Å². The van der Waals surface area contributed by atoms with Crippen molar-refractivity contribution in [3.8, 4) is 0 Å². The number of amides is 6. The Balaban J connectivity index is 2.14. The molecule has 74 heavy (non-hydrogen) atoms. The van der Waals surface area contributed by atoms with Crippen molar-refractivity contribution >= 4 is 36.4 Å². The van der Waals surface area contributed by atoms with Crippen molar-refractivity contribution in [1.82, 2.24) is 31.5 Å². The highest BCUT2D eigenvalue weighted by Gasteiger charge is 2.54. The summed E-state index contributed by atoms with van der Waals surface area (Å²) in [4.78, 5) is 80.4. The van der Waals surface area contributed by atoms with E-state index in [1.54, 1.807) is 104 Å². The Kier molecular flexibility index (Phi) is 22.4. The van der Waals surface area contributed by atoms with Gasteiger partial charge in [-0.25, -0.2) is 24.0 Å². The third-order valence-corrected chi connectivity index (χ3v) is 10.9. The van der Waals surface area contributed by atoms with Gasteiger partial charge in [-0.15, -0.1) is 0 Å². The van der Waals surface area contributed by atoms with E-state index in [9.17, 15) is 54.3 Å². The van der Waals surface area contributed by atoms with Gasteiger partial charge < -0.3 is 99.6 Å². The Morgan fingerprint density at radius 3 is 1.54 bits per heavy atom. The van der Waals surface area contributed by atoms with Crippen molar-refractivity contribution in [2.24, 2.45) is 0 Å². The molecule has 2 saturated heterocycles. The highest BCUT2D eigenvalue weighted by atomic mass is 16.7. The van der Waals surface area contributed by atoms with Crippen molar-refractivity contribution in [3.05, 3.63) is 0 Å². The largest absolute Gasteiger partial charge is 0.444 e. The van der Waals surface area contributed by atoms with Gasteiger partial charge in [0.15, 0.2) is 12.6 Å². The van der Waals surface area contributed by atoms with Crippen molar-refractivity contribution in [2.75, 3.05) is 26.7 Å². The Labute approximate surface area is 433 Å². The Bertz CT molecular complexity index is 1880. The zero-order valence-electron chi connectivity index (χ0n) is 45.8. The molecule has 14 atom stereocenters. The number of alkyl carbamates (subject to hydrolysis) is 4. The molecule has 1 saturated carbocycles. The first-order valence-corrected chi connectivity index (χ1v) is 24.9. The molecule has 3 rings (SSSR count). The number of likely N-dealkylation sites (N-methyl/N-ethyl adjacent to an activating group) is 1. The van der Waals surface area contributed by atoms with E-state index < -0.39 is 163 Å². The molecule has 1 aliphatic carbocycles. The molecule has 0 radical (unpaired) electrons. The highest BCUT2D eigenvalue weighted by molar-refractivity contribution is 5.81. The van der Waals surface area contributed by atoms with Crippen LogP contribution in [0, 0.1) is 0 Å². The van der Waals surface area contributed by atoms with E-state index in [1.807, 2.05) is 0 Å². The lowest BCUT2D eigenvalue weighted by atomic mass is 9.83. The topological polar surface area (TPSA) is 350 Å². The average molecular weight is 1070 g/mol. The van der Waals surface area contributed by atoms with Crippen LogP contribution in [0.4, 0.5) is 24.0 Å². The molecule has 3 fully saturated rings. The summed E-state index contributed by atoms with van der Waals surface area (Å²) < 4.78 is 52.4. The van der Waals surface area contributed by atoms with Crippen molar-refractivity contribution < 1.29 is 96.9 Å². The number of nitrogens with zero attached hydrogens (tertiary/aromatic N) is 1. The van der Waals surface area contributed by atoms with Gasteiger partial charge in [-0.3, -0.25) is 4.79 Å². The lowest BCUT2D eigenvalue weighted by Crippen LogP contribution is -2.70. The van der Waals surface area contributed by atoms with E-state index >= 15 is 0 Å². The SMILES string of the molecule is CN(CC1CCC(NC(=O)OC(C)(C)C)[C@H](OC2C(O)[C@H](O[C@@H]3OC(CO)[C@H](O)[C@H](NC(=O)OC(C)(C)C)C3O)[C@H](NC(=O)[C@@H](O)CCNC(=O)OC(C)(C)C)C[C@@H]2NC(=O)OC(C)(C)C)O1)C(=O)OC(C)(C)C. The first kappa shape index (κ1) is 63.8. The minimum absolute atomic E-state index is 0.0243. The maximum atomic E-state index is 13.9. The smallest absolute Gasteiger partial charge is 0.410 e. The number of hydrogen-bond acceptors (Lipinski definition) is 20. The van der Waals surface area contributed by atoms with Crippen LogP contribution in [0.2, 0.25) is 0 Å². The van der Waals surface area contributed by atoms with Crippen LogP contribution in [0.5, 0.6) is 0 Å². The maximum Gasteiger partial charge on any atom is 0.410 e. The Hall–Kier alpha value is -4.54. The summed E-state index contributed by atoms with van der Waals surface area (Å²) in [6, 6.07) is -5.39. The van der Waals surface area contributed by atoms with Gasteiger partial charge in [0, 0.05) is 20.1 Å². The average Bonchev–Trinajstić information content (AvgIpc) is 3.20. The number of carbonyl (C=O) groups excluding carboxylic acids is 6. The van der Waals surface area contributed by atoms with Crippen molar-refractivity contribution in [3.63, 3.8) is 0 Å². The fourth-order valence-corrected chi connectivity index (χ4v) is 7.89. The van der Waals surface area contributed by atoms with E-state index in [-0.39, 0.29) is 32.4 Å². The molecule has 0 aromatic heterocycles. The second kappa shape index (κ2) is 26.0. The number of carbonyl (C=O) groups is 6. The molecular weight excluding hydrogens is 981 g/mol. The first-order valence-electron chi connectivity index (χ1n) is 24.9. The molecule has 0 aromatic carbocycles. The number of aliphatic hydroxyl groups is 5. The van der Waals surface area contributed by atoms with Crippen LogP contribution in [0.15, 0.2) is 0 Å². The molecular formula is C48H86N6O20. The molecule has 0 spiro atoms. The maximum absolute atomic E-state index is 13.9. The molecule has 6 amide bonds. The van der Waals surface area contributed by atoms with E-state index in [1.165, 1.54) is 11.9 Å². The molecule has 3 aliphatic rings. The van der Waals surface area contributed by atoms with E-state index in [0.29, 0.717) is 0 Å². The molecule has 26 heteroatoms. The van der Waals surface area contributed by atoms with Crippen LogP contribution >= 0.6 is 0 Å². The highest BCUT2D eigenvalue weighted by Crippen LogP contribution is 2.34. The summed E-state index contributed by atoms with van der Waals surface area (Å²) >= 11 is 0. The number of ether oxygens (including phenoxy) is 9. The van der Waals surface area contributed by atoms with Crippen molar-refractivity contribution in [2.45, 2.75) is 243 Å². The van der Waals surface area contributed by atoms with Gasteiger partial charge >= 0.3 is 30.5 Å². The molecule has 6 unspecified atom stereocenters. The lowest BCUT2D eigenvalue weighted by Gasteiger charge is -2.49. The first-order chi connectivity index (χ1) is 33.7. The lowest BCUT2D eigenvalue weighted by molar-refractivity contribution is -0.316. The zero-order valence-corrected chi connectivity index (χ0v) is 45.8. The van der Waals surface area contributed by atoms with Crippen LogP contribution in [0.25, 0.3) is 0 Å². The van der Waals surface area contributed by atoms with Crippen LogP contribution < -0.4 is 26.6 Å². The van der Waals surface area contributed by atoms with Crippen LogP contribution in [-0.4, -0.2) is 207 Å². The van der Waals surface area contributed by atoms with E-state index in [0.717, 1.165) is 0 Å². The second-order valence-corrected chi connectivity index (χ2v) is 23.7. The quantitative estimate of drug-likeness (QED) is 0.104. The summed E-state index contributed by atoms with van der Waals surface area (Å²) in [5, 5.41) is 69.8. The van der Waals surface area contributed by atoms with Gasteiger partial charge in [0.25, 0.3) is 0 Å². The molecule has 26 nitrogen and oxygen atoms in total. The van der Waals surface area contributed by atoms with Crippen LogP contribution in [0.1, 0.15) is 130 Å². The predicted molar refractivity (Wildman–Crippen MR) is 261 cm³/mol. The van der Waals surface area contributed by atoms with Gasteiger partial charge in [-0.05, 0) is 130 Å². The third-order valence-electron chi connectivity index (χ3n) is 10.9. The fourth-order valence-electron chi connectivity index (χ4n) is 7.89. The zero-order chi connectivity index (χ0) is 56.5.